The standard InChI is InChI=1S/C34H30ClNOS/c1-33(2,3)19-11-13-25-23(16-19)31-26(17-24(35)30-21-9-7-8-10-28(21)37-32(30)31)36(25)27-18-38-29-14-12-20(15-22(27)29)34(4,5)6/h7-18H,1-6H3. The number of hydrogen-bond acceptors (Lipinski definition) is 2. The molecule has 0 aliphatic carbocycles. The molecule has 38 heavy (non-hydrogen) atoms. The van der Waals surface area contributed by atoms with Crippen LogP contribution in [-0.2, 0) is 10.8 Å². The Labute approximate surface area is 231 Å². The maximum absolute atomic E-state index is 7.05. The van der Waals surface area contributed by atoms with Crippen molar-refractivity contribution >= 4 is 76.8 Å². The summed E-state index contributed by atoms with van der Waals surface area (Å²) in [6.07, 6.45) is 0. The summed E-state index contributed by atoms with van der Waals surface area (Å²) in [7, 11) is 0. The average Bonchev–Trinajstić information content (AvgIpc) is 3.53. The molecular weight excluding hydrogens is 506 g/mol. The van der Waals surface area contributed by atoms with Gasteiger partial charge in [-0.05, 0) is 58.4 Å². The van der Waals surface area contributed by atoms with Crippen LogP contribution in [0.3, 0.4) is 0 Å². The Bertz CT molecular complexity index is 2060. The number of para-hydroxylation sites is 1. The molecule has 0 aliphatic heterocycles. The van der Waals surface area contributed by atoms with E-state index in [2.05, 4.69) is 100 Å². The van der Waals surface area contributed by atoms with Crippen molar-refractivity contribution in [2.24, 2.45) is 0 Å². The smallest absolute Gasteiger partial charge is 0.146 e. The van der Waals surface area contributed by atoms with E-state index in [1.165, 1.54) is 32.3 Å². The lowest BCUT2D eigenvalue weighted by Crippen LogP contribution is -2.10. The zero-order valence-corrected chi connectivity index (χ0v) is 24.1. The van der Waals surface area contributed by atoms with Crippen molar-refractivity contribution in [1.82, 2.24) is 4.57 Å². The number of fused-ring (bicyclic) bond motifs is 8. The lowest BCUT2D eigenvalue weighted by atomic mass is 9.86. The summed E-state index contributed by atoms with van der Waals surface area (Å²) in [5.74, 6) is 0. The molecule has 0 amide bonds. The monoisotopic (exact) mass is 535 g/mol. The van der Waals surface area contributed by atoms with Crippen molar-refractivity contribution < 1.29 is 4.42 Å². The van der Waals surface area contributed by atoms with Crippen LogP contribution in [0.2, 0.25) is 5.02 Å². The molecule has 2 nitrogen and oxygen atoms in total. The maximum Gasteiger partial charge on any atom is 0.146 e. The third-order valence-corrected chi connectivity index (χ3v) is 9.10. The fraction of sp³-hybridized carbons (Fsp3) is 0.235. The van der Waals surface area contributed by atoms with Crippen LogP contribution >= 0.6 is 22.9 Å². The first-order chi connectivity index (χ1) is 18.0. The molecule has 7 rings (SSSR count). The Morgan fingerprint density at radius 3 is 2.13 bits per heavy atom. The van der Waals surface area contributed by atoms with Crippen molar-refractivity contribution in [2.45, 2.75) is 52.4 Å². The van der Waals surface area contributed by atoms with E-state index >= 15 is 0 Å². The van der Waals surface area contributed by atoms with Crippen LogP contribution < -0.4 is 0 Å². The van der Waals surface area contributed by atoms with E-state index in [0.29, 0.717) is 5.02 Å². The molecule has 0 atom stereocenters. The van der Waals surface area contributed by atoms with Crippen molar-refractivity contribution in [3.8, 4) is 5.69 Å². The molecule has 4 aromatic carbocycles. The lowest BCUT2D eigenvalue weighted by Gasteiger charge is -2.19. The molecule has 3 heterocycles. The third kappa shape index (κ3) is 3.38. The van der Waals surface area contributed by atoms with Crippen LogP contribution in [0.1, 0.15) is 52.7 Å². The van der Waals surface area contributed by atoms with E-state index in [9.17, 15) is 0 Å². The first-order valence-electron chi connectivity index (χ1n) is 13.1. The second-order valence-corrected chi connectivity index (χ2v) is 13.8. The Hall–Kier alpha value is -3.27. The van der Waals surface area contributed by atoms with Gasteiger partial charge in [0.25, 0.3) is 0 Å². The van der Waals surface area contributed by atoms with Crippen molar-refractivity contribution in [2.75, 3.05) is 0 Å². The molecule has 0 saturated carbocycles. The highest BCUT2D eigenvalue weighted by atomic mass is 35.5. The van der Waals surface area contributed by atoms with E-state index in [4.69, 9.17) is 16.0 Å². The van der Waals surface area contributed by atoms with Gasteiger partial charge in [0.1, 0.15) is 11.2 Å². The van der Waals surface area contributed by atoms with Crippen LogP contribution in [0.25, 0.3) is 59.5 Å². The van der Waals surface area contributed by atoms with Gasteiger partial charge in [-0.3, -0.25) is 0 Å². The molecule has 0 fully saturated rings. The zero-order chi connectivity index (χ0) is 26.6. The molecule has 0 saturated heterocycles. The highest BCUT2D eigenvalue weighted by Crippen LogP contribution is 2.46. The molecule has 0 N–H and O–H groups in total. The predicted molar refractivity (Wildman–Crippen MR) is 166 cm³/mol. The van der Waals surface area contributed by atoms with Gasteiger partial charge in [-0.1, -0.05) is 83.5 Å². The highest BCUT2D eigenvalue weighted by molar-refractivity contribution is 7.17. The summed E-state index contributed by atoms with van der Waals surface area (Å²) in [5, 5.41) is 8.62. The minimum absolute atomic E-state index is 0.0265. The van der Waals surface area contributed by atoms with Gasteiger partial charge >= 0.3 is 0 Å². The van der Waals surface area contributed by atoms with Crippen LogP contribution in [0.4, 0.5) is 0 Å². The Balaban J connectivity index is 1.68. The first kappa shape index (κ1) is 23.8. The molecule has 0 unspecified atom stereocenters. The number of thiophene rings is 1. The minimum Gasteiger partial charge on any atom is -0.455 e. The Morgan fingerprint density at radius 2 is 1.39 bits per heavy atom. The van der Waals surface area contributed by atoms with Crippen LogP contribution in [0.5, 0.6) is 0 Å². The Morgan fingerprint density at radius 1 is 0.711 bits per heavy atom. The van der Waals surface area contributed by atoms with Gasteiger partial charge in [0.05, 0.1) is 27.1 Å². The van der Waals surface area contributed by atoms with Gasteiger partial charge in [-0.25, -0.2) is 0 Å². The van der Waals surface area contributed by atoms with E-state index in [-0.39, 0.29) is 10.8 Å². The maximum atomic E-state index is 7.05. The van der Waals surface area contributed by atoms with Gasteiger partial charge < -0.3 is 8.98 Å². The molecule has 0 aliphatic rings. The molecule has 3 aromatic heterocycles. The Kier molecular flexibility index (Phi) is 4.94. The second-order valence-electron chi connectivity index (χ2n) is 12.5. The minimum atomic E-state index is 0.0265. The number of aromatic nitrogens is 1. The van der Waals surface area contributed by atoms with Gasteiger partial charge in [-0.15, -0.1) is 11.3 Å². The number of furan rings is 1. The molecule has 0 bridgehead atoms. The van der Waals surface area contributed by atoms with Gasteiger partial charge in [0.15, 0.2) is 0 Å². The normalized spacial score (nSPS) is 13.1. The van der Waals surface area contributed by atoms with Gasteiger partial charge in [-0.2, -0.15) is 0 Å². The van der Waals surface area contributed by atoms with Crippen molar-refractivity contribution in [3.05, 3.63) is 88.3 Å². The summed E-state index contributed by atoms with van der Waals surface area (Å²) in [6, 6.07) is 24.1. The summed E-state index contributed by atoms with van der Waals surface area (Å²) in [5.41, 5.74) is 7.87. The lowest BCUT2D eigenvalue weighted by molar-refractivity contribution is 0.591. The van der Waals surface area contributed by atoms with E-state index < -0.39 is 0 Å². The van der Waals surface area contributed by atoms with Crippen LogP contribution in [0.15, 0.2) is 76.5 Å². The number of rotatable bonds is 1. The third-order valence-electron chi connectivity index (χ3n) is 7.85. The second kappa shape index (κ2) is 7.88. The average molecular weight is 536 g/mol. The topological polar surface area (TPSA) is 18.1 Å². The summed E-state index contributed by atoms with van der Waals surface area (Å²) < 4.78 is 10.2. The molecule has 190 valence electrons. The first-order valence-corrected chi connectivity index (χ1v) is 14.4. The number of hydrogen-bond donors (Lipinski definition) is 0. The van der Waals surface area contributed by atoms with Crippen LogP contribution in [-0.4, -0.2) is 4.57 Å². The van der Waals surface area contributed by atoms with Crippen molar-refractivity contribution in [3.63, 3.8) is 0 Å². The number of benzene rings is 4. The molecule has 4 heteroatoms. The fourth-order valence-corrected chi connectivity index (χ4v) is 6.92. The quantitative estimate of drug-likeness (QED) is 0.204. The van der Waals surface area contributed by atoms with Crippen LogP contribution in [0, 0.1) is 0 Å². The van der Waals surface area contributed by atoms with Gasteiger partial charge in [0, 0.05) is 31.6 Å². The number of nitrogens with zero attached hydrogens (tertiary/aromatic N) is 1. The predicted octanol–water partition coefficient (Wildman–Crippen LogP) is 11.1. The highest BCUT2D eigenvalue weighted by Gasteiger charge is 2.24. The van der Waals surface area contributed by atoms with Crippen molar-refractivity contribution in [1.29, 1.82) is 0 Å². The SMILES string of the molecule is CC(C)(C)c1ccc2scc(-n3c4ccc(C(C)(C)C)cc4c4c5oc6ccccc6c5c(Cl)cc43)c2c1. The molecule has 7 aromatic rings. The van der Waals surface area contributed by atoms with E-state index in [0.717, 1.165) is 38.4 Å². The summed E-state index contributed by atoms with van der Waals surface area (Å²) in [4.78, 5) is 0. The molecule has 0 radical (unpaired) electrons. The van der Waals surface area contributed by atoms with Gasteiger partial charge in [0.2, 0.25) is 0 Å². The van der Waals surface area contributed by atoms with E-state index in [1.54, 1.807) is 11.3 Å². The largest absolute Gasteiger partial charge is 0.455 e. The summed E-state index contributed by atoms with van der Waals surface area (Å²) in [6.45, 7) is 13.6. The fourth-order valence-electron chi connectivity index (χ4n) is 5.72. The molecule has 0 spiro atoms. The summed E-state index contributed by atoms with van der Waals surface area (Å²) >= 11 is 8.84. The number of halogens is 1. The zero-order valence-electron chi connectivity index (χ0n) is 22.6. The van der Waals surface area contributed by atoms with E-state index in [1.807, 2.05) is 18.2 Å². The molecular formula is C34H30ClNOS.